The summed E-state index contributed by atoms with van der Waals surface area (Å²) in [5.41, 5.74) is 1.24. The predicted octanol–water partition coefficient (Wildman–Crippen LogP) is 3.93. The predicted molar refractivity (Wildman–Crippen MR) is 124 cm³/mol. The zero-order valence-corrected chi connectivity index (χ0v) is 19.0. The molecular weight excluding hydrogens is 421 g/mol. The zero-order chi connectivity index (χ0) is 21.5. The molecule has 7 heteroatoms. The Morgan fingerprint density at radius 1 is 0.800 bits per heavy atom. The second-order valence-electron chi connectivity index (χ2n) is 7.70. The number of imide groups is 1. The van der Waals surface area contributed by atoms with E-state index in [-0.39, 0.29) is 11.8 Å². The van der Waals surface area contributed by atoms with Gasteiger partial charge in [-0.25, -0.2) is 0 Å². The zero-order valence-electron chi connectivity index (χ0n) is 17.4. The lowest BCUT2D eigenvalue weighted by Crippen LogP contribution is -2.41. The second-order valence-corrected chi connectivity index (χ2v) is 8.46. The highest BCUT2D eigenvalue weighted by molar-refractivity contribution is 6.25. The van der Waals surface area contributed by atoms with Crippen LogP contribution in [0.5, 0.6) is 0 Å². The molecule has 0 atom stereocenters. The fraction of sp³-hybridized carbons (Fsp3) is 0.478. The maximum atomic E-state index is 12.9. The Hall–Kier alpha value is -1.66. The number of benzene rings is 2. The van der Waals surface area contributed by atoms with Gasteiger partial charge in [0.15, 0.2) is 0 Å². The van der Waals surface area contributed by atoms with Crippen LogP contribution >= 0.6 is 23.2 Å². The van der Waals surface area contributed by atoms with Crippen LogP contribution in [0, 0.1) is 0 Å². The molecule has 0 bridgehead atoms. The van der Waals surface area contributed by atoms with Gasteiger partial charge < -0.3 is 9.80 Å². The third-order valence-electron chi connectivity index (χ3n) is 5.59. The highest BCUT2D eigenvalue weighted by Crippen LogP contribution is 2.29. The molecule has 0 unspecified atom stereocenters. The van der Waals surface area contributed by atoms with Gasteiger partial charge in [0.1, 0.15) is 0 Å². The van der Waals surface area contributed by atoms with E-state index in [2.05, 4.69) is 16.8 Å². The van der Waals surface area contributed by atoms with E-state index in [1.165, 1.54) is 4.90 Å². The summed E-state index contributed by atoms with van der Waals surface area (Å²) in [5, 5.41) is 1.71. The highest BCUT2D eigenvalue weighted by Gasteiger charge is 2.32. The number of carbonyl (C=O) groups excluding carboxylic acids is 2. The standard InChI is InChI=1S/C23H29Cl2N3O2/c1-26(12-4-14-27(16-10-24)17-11-25)13-5-15-28-22(29)19-8-2-6-18-7-3-9-20(21(18)19)23(28)30/h2-3,6-9H,4-5,10-17H2,1H3. The Morgan fingerprint density at radius 3 is 1.93 bits per heavy atom. The number of halogens is 2. The molecule has 0 spiro atoms. The number of alkyl halides is 2. The summed E-state index contributed by atoms with van der Waals surface area (Å²) >= 11 is 11.7. The molecule has 1 aliphatic rings. The van der Waals surface area contributed by atoms with Crippen molar-refractivity contribution in [3.63, 3.8) is 0 Å². The summed E-state index contributed by atoms with van der Waals surface area (Å²) in [6.45, 7) is 4.88. The van der Waals surface area contributed by atoms with Gasteiger partial charge in [0, 0.05) is 47.9 Å². The molecule has 30 heavy (non-hydrogen) atoms. The molecule has 5 nitrogen and oxygen atoms in total. The van der Waals surface area contributed by atoms with Crippen molar-refractivity contribution in [2.75, 3.05) is 58.1 Å². The molecule has 0 N–H and O–H groups in total. The van der Waals surface area contributed by atoms with Gasteiger partial charge in [-0.3, -0.25) is 14.5 Å². The first-order valence-electron chi connectivity index (χ1n) is 10.5. The highest BCUT2D eigenvalue weighted by atomic mass is 35.5. The number of carbonyl (C=O) groups is 2. The van der Waals surface area contributed by atoms with Crippen molar-refractivity contribution in [1.82, 2.24) is 14.7 Å². The third kappa shape index (κ3) is 5.33. The molecule has 0 radical (unpaired) electrons. The molecule has 0 fully saturated rings. The summed E-state index contributed by atoms with van der Waals surface area (Å²) in [6.07, 6.45) is 1.78. The topological polar surface area (TPSA) is 43.9 Å². The van der Waals surface area contributed by atoms with Gasteiger partial charge in [0.25, 0.3) is 11.8 Å². The average Bonchev–Trinajstić information content (AvgIpc) is 2.74. The Kier molecular flexibility index (Phi) is 8.51. The number of hydrogen-bond acceptors (Lipinski definition) is 4. The fourth-order valence-electron chi connectivity index (χ4n) is 4.03. The number of nitrogens with zero attached hydrogens (tertiary/aromatic N) is 3. The van der Waals surface area contributed by atoms with Crippen LogP contribution in [0.2, 0.25) is 0 Å². The minimum atomic E-state index is -0.190. The summed E-state index contributed by atoms with van der Waals surface area (Å²) < 4.78 is 0. The largest absolute Gasteiger partial charge is 0.306 e. The molecular formula is C23H29Cl2N3O2. The first-order valence-corrected chi connectivity index (χ1v) is 11.5. The summed E-state index contributed by atoms with van der Waals surface area (Å²) in [7, 11) is 2.07. The second kappa shape index (κ2) is 11.1. The van der Waals surface area contributed by atoms with Crippen molar-refractivity contribution in [1.29, 1.82) is 0 Å². The summed E-state index contributed by atoms with van der Waals surface area (Å²) in [4.78, 5) is 31.8. The van der Waals surface area contributed by atoms with Gasteiger partial charge in [-0.1, -0.05) is 24.3 Å². The van der Waals surface area contributed by atoms with E-state index in [0.717, 1.165) is 56.3 Å². The molecule has 2 aromatic rings. The molecule has 1 aliphatic heterocycles. The van der Waals surface area contributed by atoms with Gasteiger partial charge in [-0.2, -0.15) is 0 Å². The van der Waals surface area contributed by atoms with Crippen LogP contribution in [-0.4, -0.2) is 84.6 Å². The lowest BCUT2D eigenvalue weighted by molar-refractivity contribution is 0.0604. The van der Waals surface area contributed by atoms with Crippen LogP contribution in [0.25, 0.3) is 10.8 Å². The molecule has 0 aliphatic carbocycles. The fourth-order valence-corrected chi connectivity index (χ4v) is 4.51. The summed E-state index contributed by atoms with van der Waals surface area (Å²) in [5.74, 6) is 0.845. The molecule has 2 amide bonds. The first kappa shape index (κ1) is 23.0. The van der Waals surface area contributed by atoms with Crippen molar-refractivity contribution in [3.8, 4) is 0 Å². The van der Waals surface area contributed by atoms with Gasteiger partial charge in [0.05, 0.1) is 0 Å². The van der Waals surface area contributed by atoms with E-state index in [0.29, 0.717) is 29.4 Å². The molecule has 0 saturated heterocycles. The van der Waals surface area contributed by atoms with Gasteiger partial charge in [0.2, 0.25) is 0 Å². The summed E-state index contributed by atoms with van der Waals surface area (Å²) in [6, 6.07) is 11.3. The van der Waals surface area contributed by atoms with Crippen LogP contribution in [0.15, 0.2) is 36.4 Å². The SMILES string of the molecule is CN(CCCN(CCCl)CCCl)CCCN1C(=O)c2cccc3cccc(c23)C1=O. The maximum absolute atomic E-state index is 12.9. The Morgan fingerprint density at radius 2 is 1.37 bits per heavy atom. The normalized spacial score (nSPS) is 13.8. The Bertz CT molecular complexity index is 833. The quantitative estimate of drug-likeness (QED) is 0.363. The number of rotatable bonds is 12. The minimum absolute atomic E-state index is 0.190. The van der Waals surface area contributed by atoms with Crippen molar-refractivity contribution >= 4 is 45.8 Å². The monoisotopic (exact) mass is 449 g/mol. The van der Waals surface area contributed by atoms with Crippen LogP contribution in [-0.2, 0) is 0 Å². The van der Waals surface area contributed by atoms with Gasteiger partial charge in [-0.15, -0.1) is 23.2 Å². The van der Waals surface area contributed by atoms with Crippen molar-refractivity contribution < 1.29 is 9.59 Å². The Balaban J connectivity index is 1.50. The van der Waals surface area contributed by atoms with E-state index in [1.54, 1.807) is 0 Å². The van der Waals surface area contributed by atoms with E-state index < -0.39 is 0 Å². The van der Waals surface area contributed by atoms with E-state index in [9.17, 15) is 9.59 Å². The van der Waals surface area contributed by atoms with Crippen LogP contribution < -0.4 is 0 Å². The molecule has 3 rings (SSSR count). The number of hydrogen-bond donors (Lipinski definition) is 0. The van der Waals surface area contributed by atoms with Crippen LogP contribution in [0.3, 0.4) is 0 Å². The Labute approximate surface area is 188 Å². The third-order valence-corrected chi connectivity index (χ3v) is 5.93. The average molecular weight is 450 g/mol. The van der Waals surface area contributed by atoms with E-state index in [1.807, 2.05) is 36.4 Å². The maximum Gasteiger partial charge on any atom is 0.261 e. The van der Waals surface area contributed by atoms with Crippen molar-refractivity contribution in [2.45, 2.75) is 12.8 Å². The molecule has 1 heterocycles. The molecule has 0 saturated carbocycles. The minimum Gasteiger partial charge on any atom is -0.306 e. The number of amides is 2. The van der Waals surface area contributed by atoms with Crippen molar-refractivity contribution in [2.24, 2.45) is 0 Å². The molecule has 0 aromatic heterocycles. The lowest BCUT2D eigenvalue weighted by Gasteiger charge is -2.28. The van der Waals surface area contributed by atoms with Crippen LogP contribution in [0.1, 0.15) is 33.6 Å². The molecule has 162 valence electrons. The van der Waals surface area contributed by atoms with E-state index >= 15 is 0 Å². The van der Waals surface area contributed by atoms with Crippen molar-refractivity contribution in [3.05, 3.63) is 47.5 Å². The lowest BCUT2D eigenvalue weighted by atomic mass is 9.94. The van der Waals surface area contributed by atoms with E-state index in [4.69, 9.17) is 23.2 Å². The smallest absolute Gasteiger partial charge is 0.261 e. The molecule has 2 aromatic carbocycles. The van der Waals surface area contributed by atoms with Crippen LogP contribution in [0.4, 0.5) is 0 Å². The van der Waals surface area contributed by atoms with Gasteiger partial charge >= 0.3 is 0 Å². The first-order chi connectivity index (χ1) is 14.6. The van der Waals surface area contributed by atoms with Gasteiger partial charge in [-0.05, 0) is 57.0 Å².